The van der Waals surface area contributed by atoms with Crippen LogP contribution in [0.5, 0.6) is 0 Å². The van der Waals surface area contributed by atoms with Crippen molar-refractivity contribution in [3.05, 3.63) is 63.9 Å². The first-order valence-electron chi connectivity index (χ1n) is 5.64. The Hall–Kier alpha value is -1.88. The molecule has 0 saturated heterocycles. The smallest absolute Gasteiger partial charge is 0.251 e. The van der Waals surface area contributed by atoms with E-state index >= 15 is 0 Å². The number of amides is 1. The number of carbonyl (C=O) groups is 1. The Morgan fingerprint density at radius 1 is 1.26 bits per heavy atom. The molecular formula is C14H12BrFN2O. The number of anilines is 1. The third kappa shape index (κ3) is 3.54. The van der Waals surface area contributed by atoms with Crippen LogP contribution < -0.4 is 11.1 Å². The summed E-state index contributed by atoms with van der Waals surface area (Å²) in [6, 6.07) is 11.2. The molecule has 2 aromatic carbocycles. The summed E-state index contributed by atoms with van der Waals surface area (Å²) in [5, 5.41) is 2.66. The van der Waals surface area contributed by atoms with Gasteiger partial charge in [0.05, 0.1) is 0 Å². The monoisotopic (exact) mass is 322 g/mol. The molecule has 0 atom stereocenters. The van der Waals surface area contributed by atoms with Gasteiger partial charge in [-0.2, -0.15) is 0 Å². The number of hydrogen-bond acceptors (Lipinski definition) is 2. The standard InChI is InChI=1S/C14H12BrFN2O/c15-11-4-5-13(16)10(6-11)8-18-14(19)9-2-1-3-12(17)7-9/h1-7H,8,17H2,(H,18,19). The predicted octanol–water partition coefficient (Wildman–Crippen LogP) is 3.10. The van der Waals surface area contributed by atoms with E-state index < -0.39 is 0 Å². The van der Waals surface area contributed by atoms with Crippen LogP contribution in [-0.4, -0.2) is 5.91 Å². The number of nitrogen functional groups attached to an aromatic ring is 1. The van der Waals surface area contributed by atoms with Crippen molar-refractivity contribution in [2.45, 2.75) is 6.54 Å². The summed E-state index contributed by atoms with van der Waals surface area (Å²) in [5.74, 6) is -0.636. The first-order valence-corrected chi connectivity index (χ1v) is 6.43. The van der Waals surface area contributed by atoms with Gasteiger partial charge in [-0.1, -0.05) is 22.0 Å². The molecule has 0 unspecified atom stereocenters. The molecule has 0 aliphatic rings. The Labute approximate surface area is 118 Å². The molecule has 98 valence electrons. The number of rotatable bonds is 3. The molecule has 0 spiro atoms. The largest absolute Gasteiger partial charge is 0.399 e. The normalized spacial score (nSPS) is 10.2. The van der Waals surface area contributed by atoms with Gasteiger partial charge >= 0.3 is 0 Å². The van der Waals surface area contributed by atoms with Crippen LogP contribution in [0.2, 0.25) is 0 Å². The van der Waals surface area contributed by atoms with Crippen molar-refractivity contribution in [3.63, 3.8) is 0 Å². The minimum atomic E-state index is -0.351. The van der Waals surface area contributed by atoms with Gasteiger partial charge in [0.2, 0.25) is 0 Å². The minimum absolute atomic E-state index is 0.124. The SMILES string of the molecule is Nc1cccc(C(=O)NCc2cc(Br)ccc2F)c1. The van der Waals surface area contributed by atoms with Crippen LogP contribution in [0.3, 0.4) is 0 Å². The first kappa shape index (κ1) is 13.5. The number of hydrogen-bond donors (Lipinski definition) is 2. The van der Waals surface area contributed by atoms with E-state index in [2.05, 4.69) is 21.2 Å². The lowest BCUT2D eigenvalue weighted by molar-refractivity contribution is 0.0950. The van der Waals surface area contributed by atoms with Crippen molar-refractivity contribution in [1.29, 1.82) is 0 Å². The van der Waals surface area contributed by atoms with Gasteiger partial charge in [-0.05, 0) is 36.4 Å². The topological polar surface area (TPSA) is 55.1 Å². The molecule has 0 aliphatic heterocycles. The zero-order valence-electron chi connectivity index (χ0n) is 9.99. The highest BCUT2D eigenvalue weighted by molar-refractivity contribution is 9.10. The number of halogens is 2. The zero-order valence-corrected chi connectivity index (χ0v) is 11.6. The molecule has 0 fully saturated rings. The summed E-state index contributed by atoms with van der Waals surface area (Å²) in [6.45, 7) is 0.124. The molecule has 0 aromatic heterocycles. The Bertz CT molecular complexity index is 616. The van der Waals surface area contributed by atoms with Crippen LogP contribution >= 0.6 is 15.9 Å². The number of nitrogens with two attached hydrogens (primary N) is 1. The molecule has 2 rings (SSSR count). The van der Waals surface area contributed by atoms with E-state index in [1.165, 1.54) is 6.07 Å². The molecule has 0 saturated carbocycles. The molecule has 1 amide bonds. The Balaban J connectivity index is 2.06. The number of benzene rings is 2. The highest BCUT2D eigenvalue weighted by Gasteiger charge is 2.08. The Morgan fingerprint density at radius 3 is 2.79 bits per heavy atom. The molecule has 0 bridgehead atoms. The van der Waals surface area contributed by atoms with E-state index in [0.29, 0.717) is 16.8 Å². The number of nitrogens with one attached hydrogen (secondary N) is 1. The maximum absolute atomic E-state index is 13.5. The molecule has 19 heavy (non-hydrogen) atoms. The van der Waals surface area contributed by atoms with Gasteiger partial charge in [0.1, 0.15) is 5.82 Å². The van der Waals surface area contributed by atoms with Crippen molar-refractivity contribution >= 4 is 27.5 Å². The molecule has 0 aliphatic carbocycles. The van der Waals surface area contributed by atoms with Crippen molar-refractivity contribution < 1.29 is 9.18 Å². The molecule has 3 N–H and O–H groups in total. The first-order chi connectivity index (χ1) is 9.06. The van der Waals surface area contributed by atoms with Gasteiger partial charge in [-0.3, -0.25) is 4.79 Å². The lowest BCUT2D eigenvalue weighted by atomic mass is 10.1. The minimum Gasteiger partial charge on any atom is -0.399 e. The molecule has 5 heteroatoms. The van der Waals surface area contributed by atoms with E-state index in [9.17, 15) is 9.18 Å². The average Bonchev–Trinajstić information content (AvgIpc) is 2.39. The van der Waals surface area contributed by atoms with Crippen LogP contribution in [-0.2, 0) is 6.54 Å². The highest BCUT2D eigenvalue weighted by atomic mass is 79.9. The Morgan fingerprint density at radius 2 is 2.05 bits per heavy atom. The van der Waals surface area contributed by atoms with E-state index in [-0.39, 0.29) is 18.3 Å². The molecule has 0 heterocycles. The second kappa shape index (κ2) is 5.84. The van der Waals surface area contributed by atoms with Crippen LogP contribution in [0.25, 0.3) is 0 Å². The van der Waals surface area contributed by atoms with Gasteiger partial charge < -0.3 is 11.1 Å². The number of carbonyl (C=O) groups excluding carboxylic acids is 1. The average molecular weight is 323 g/mol. The van der Waals surface area contributed by atoms with Crippen molar-refractivity contribution in [2.24, 2.45) is 0 Å². The fourth-order valence-electron chi connectivity index (χ4n) is 1.64. The molecular weight excluding hydrogens is 311 g/mol. The van der Waals surface area contributed by atoms with Gasteiger partial charge in [0.25, 0.3) is 5.91 Å². The van der Waals surface area contributed by atoms with Crippen LogP contribution in [0.1, 0.15) is 15.9 Å². The summed E-state index contributed by atoms with van der Waals surface area (Å²) >= 11 is 3.26. The zero-order chi connectivity index (χ0) is 13.8. The lowest BCUT2D eigenvalue weighted by Crippen LogP contribution is -2.23. The molecule has 2 aromatic rings. The van der Waals surface area contributed by atoms with Gasteiger partial charge in [-0.15, -0.1) is 0 Å². The summed E-state index contributed by atoms with van der Waals surface area (Å²) in [6.07, 6.45) is 0. The van der Waals surface area contributed by atoms with Crippen LogP contribution in [0.4, 0.5) is 10.1 Å². The fraction of sp³-hybridized carbons (Fsp3) is 0.0714. The Kier molecular flexibility index (Phi) is 4.16. The second-order valence-electron chi connectivity index (χ2n) is 4.04. The molecule has 0 radical (unpaired) electrons. The van der Waals surface area contributed by atoms with Crippen molar-refractivity contribution in [3.8, 4) is 0 Å². The van der Waals surface area contributed by atoms with E-state index in [1.807, 2.05) is 0 Å². The van der Waals surface area contributed by atoms with Crippen molar-refractivity contribution in [2.75, 3.05) is 5.73 Å². The maximum Gasteiger partial charge on any atom is 0.251 e. The summed E-state index contributed by atoms with van der Waals surface area (Å²) in [4.78, 5) is 11.9. The summed E-state index contributed by atoms with van der Waals surface area (Å²) in [7, 11) is 0. The lowest BCUT2D eigenvalue weighted by Gasteiger charge is -2.07. The fourth-order valence-corrected chi connectivity index (χ4v) is 2.04. The predicted molar refractivity (Wildman–Crippen MR) is 76.1 cm³/mol. The van der Waals surface area contributed by atoms with Crippen LogP contribution in [0, 0.1) is 5.82 Å². The van der Waals surface area contributed by atoms with E-state index in [0.717, 1.165) is 4.47 Å². The van der Waals surface area contributed by atoms with Gasteiger partial charge in [-0.25, -0.2) is 4.39 Å². The third-order valence-electron chi connectivity index (χ3n) is 2.60. The van der Waals surface area contributed by atoms with E-state index in [1.54, 1.807) is 36.4 Å². The van der Waals surface area contributed by atoms with Crippen molar-refractivity contribution in [1.82, 2.24) is 5.32 Å². The molecule has 3 nitrogen and oxygen atoms in total. The second-order valence-corrected chi connectivity index (χ2v) is 4.96. The van der Waals surface area contributed by atoms with E-state index in [4.69, 9.17) is 5.73 Å². The quantitative estimate of drug-likeness (QED) is 0.853. The summed E-state index contributed by atoms with van der Waals surface area (Å²) in [5.41, 5.74) is 6.99. The van der Waals surface area contributed by atoms with Gasteiger partial charge in [0.15, 0.2) is 0 Å². The highest BCUT2D eigenvalue weighted by Crippen LogP contribution is 2.15. The third-order valence-corrected chi connectivity index (χ3v) is 3.09. The van der Waals surface area contributed by atoms with Crippen LogP contribution in [0.15, 0.2) is 46.9 Å². The van der Waals surface area contributed by atoms with Gasteiger partial charge in [0, 0.05) is 27.8 Å². The summed E-state index contributed by atoms with van der Waals surface area (Å²) < 4.78 is 14.3. The maximum atomic E-state index is 13.5.